The minimum Gasteiger partial charge on any atom is -0.481 e. The highest BCUT2D eigenvalue weighted by Gasteiger charge is 2.27. The summed E-state index contributed by atoms with van der Waals surface area (Å²) in [5, 5.41) is 16.6. The van der Waals surface area contributed by atoms with Crippen LogP contribution in [0.5, 0.6) is 0 Å². The van der Waals surface area contributed by atoms with Crippen LogP contribution in [0.2, 0.25) is 0 Å². The van der Waals surface area contributed by atoms with E-state index in [1.54, 1.807) is 16.0 Å². The van der Waals surface area contributed by atoms with Crippen molar-refractivity contribution in [2.45, 2.75) is 39.2 Å². The lowest BCUT2D eigenvalue weighted by Gasteiger charge is -2.35. The van der Waals surface area contributed by atoms with Crippen molar-refractivity contribution in [3.05, 3.63) is 41.7 Å². The van der Waals surface area contributed by atoms with Gasteiger partial charge in [0.2, 0.25) is 5.91 Å². The highest BCUT2D eigenvalue weighted by atomic mass is 16.6. The van der Waals surface area contributed by atoms with Crippen molar-refractivity contribution in [3.63, 3.8) is 0 Å². The molecule has 0 radical (unpaired) electrons. The van der Waals surface area contributed by atoms with Gasteiger partial charge in [0.15, 0.2) is 0 Å². The number of hydrogen-bond donors (Lipinski definition) is 1. The van der Waals surface area contributed by atoms with Crippen LogP contribution in [0.4, 0.5) is 4.79 Å². The predicted molar refractivity (Wildman–Crippen MR) is 111 cm³/mol. The number of carboxylic acids is 1. The molecule has 1 aliphatic heterocycles. The molecule has 1 aromatic carbocycles. The van der Waals surface area contributed by atoms with E-state index in [4.69, 9.17) is 9.84 Å². The van der Waals surface area contributed by atoms with E-state index in [2.05, 4.69) is 10.3 Å². The van der Waals surface area contributed by atoms with Gasteiger partial charge in [0.05, 0.1) is 30.4 Å². The molecule has 2 heterocycles. The smallest absolute Gasteiger partial charge is 0.410 e. The van der Waals surface area contributed by atoms with Gasteiger partial charge in [0, 0.05) is 26.2 Å². The van der Waals surface area contributed by atoms with Gasteiger partial charge < -0.3 is 19.6 Å². The molecule has 10 nitrogen and oxygen atoms in total. The number of carboxylic acid groups (broad SMARTS) is 1. The standard InChI is InChI=1S/C21H27N5O5/c1-21(2,3)31-20(30)25-10-8-24(9-11-25)18(27)12-15-4-6-17(7-5-15)26-14-16(22-23-26)13-19(28)29/h4-7,14H,8-13H2,1-3H3,(H,28,29). The van der Waals surface area contributed by atoms with Crippen molar-refractivity contribution in [3.8, 4) is 5.69 Å². The highest BCUT2D eigenvalue weighted by Crippen LogP contribution is 2.14. The van der Waals surface area contributed by atoms with E-state index in [0.717, 1.165) is 11.3 Å². The van der Waals surface area contributed by atoms with Crippen molar-refractivity contribution in [1.82, 2.24) is 24.8 Å². The lowest BCUT2D eigenvalue weighted by atomic mass is 10.1. The number of ether oxygens (including phenoxy) is 1. The molecule has 1 aromatic heterocycles. The Labute approximate surface area is 180 Å². The van der Waals surface area contributed by atoms with Gasteiger partial charge in [-0.25, -0.2) is 9.48 Å². The number of hydrogen-bond acceptors (Lipinski definition) is 6. The van der Waals surface area contributed by atoms with E-state index in [-0.39, 0.29) is 24.8 Å². The average molecular weight is 429 g/mol. The third kappa shape index (κ3) is 6.27. The first kappa shape index (κ1) is 22.3. The molecule has 3 rings (SSSR count). The molecule has 0 atom stereocenters. The second-order valence-corrected chi connectivity index (χ2v) is 8.42. The van der Waals surface area contributed by atoms with E-state index >= 15 is 0 Å². The van der Waals surface area contributed by atoms with E-state index < -0.39 is 11.6 Å². The van der Waals surface area contributed by atoms with Crippen molar-refractivity contribution < 1.29 is 24.2 Å². The van der Waals surface area contributed by atoms with Crippen LogP contribution >= 0.6 is 0 Å². The average Bonchev–Trinajstić information content (AvgIpc) is 3.15. The van der Waals surface area contributed by atoms with Gasteiger partial charge >= 0.3 is 12.1 Å². The maximum atomic E-state index is 12.6. The van der Waals surface area contributed by atoms with E-state index in [1.165, 1.54) is 4.68 Å². The molecule has 2 aromatic rings. The Morgan fingerprint density at radius 1 is 1.00 bits per heavy atom. The van der Waals surface area contributed by atoms with Gasteiger partial charge in [0.25, 0.3) is 0 Å². The number of nitrogens with zero attached hydrogens (tertiary/aromatic N) is 5. The second kappa shape index (κ2) is 9.15. The zero-order valence-corrected chi connectivity index (χ0v) is 17.9. The Bertz CT molecular complexity index is 940. The number of amides is 2. The first-order chi connectivity index (χ1) is 14.6. The normalized spacial score (nSPS) is 14.4. The van der Waals surface area contributed by atoms with Gasteiger partial charge in [-0.05, 0) is 38.5 Å². The molecule has 0 saturated carbocycles. The molecule has 1 aliphatic rings. The number of carbonyl (C=O) groups is 3. The fourth-order valence-electron chi connectivity index (χ4n) is 3.18. The first-order valence-electron chi connectivity index (χ1n) is 10.1. The molecule has 0 aliphatic carbocycles. The minimum atomic E-state index is -0.965. The number of aliphatic carboxylic acids is 1. The Hall–Kier alpha value is -3.43. The second-order valence-electron chi connectivity index (χ2n) is 8.42. The Morgan fingerprint density at radius 2 is 1.61 bits per heavy atom. The summed E-state index contributed by atoms with van der Waals surface area (Å²) in [5.74, 6) is -0.964. The predicted octanol–water partition coefficient (Wildman–Crippen LogP) is 1.52. The SMILES string of the molecule is CC(C)(C)OC(=O)N1CCN(C(=O)Cc2ccc(-n3cc(CC(=O)O)nn3)cc2)CC1. The number of aromatic nitrogens is 3. The van der Waals surface area contributed by atoms with Crippen molar-refractivity contribution in [2.24, 2.45) is 0 Å². The van der Waals surface area contributed by atoms with Gasteiger partial charge in [0.1, 0.15) is 5.60 Å². The topological polar surface area (TPSA) is 118 Å². The number of rotatable bonds is 5. The summed E-state index contributed by atoms with van der Waals surface area (Å²) in [4.78, 5) is 38.9. The number of benzene rings is 1. The maximum Gasteiger partial charge on any atom is 0.410 e. The van der Waals surface area contributed by atoms with E-state index in [9.17, 15) is 14.4 Å². The van der Waals surface area contributed by atoms with Crippen LogP contribution in [0, 0.1) is 0 Å². The van der Waals surface area contributed by atoms with Crippen LogP contribution in [-0.4, -0.2) is 79.7 Å². The van der Waals surface area contributed by atoms with Crippen LogP contribution in [-0.2, 0) is 27.2 Å². The Morgan fingerprint density at radius 3 is 2.19 bits per heavy atom. The molecular weight excluding hydrogens is 402 g/mol. The fraction of sp³-hybridized carbons (Fsp3) is 0.476. The molecule has 0 bridgehead atoms. The van der Waals surface area contributed by atoms with Gasteiger partial charge in [-0.15, -0.1) is 5.10 Å². The van der Waals surface area contributed by atoms with E-state index in [1.807, 2.05) is 45.0 Å². The molecule has 10 heteroatoms. The minimum absolute atomic E-state index is 0.00101. The molecule has 1 fully saturated rings. The molecule has 1 N–H and O–H groups in total. The third-order valence-corrected chi connectivity index (χ3v) is 4.71. The Kier molecular flexibility index (Phi) is 6.57. The monoisotopic (exact) mass is 429 g/mol. The number of piperazine rings is 1. The van der Waals surface area contributed by atoms with Gasteiger partial charge in [-0.1, -0.05) is 17.3 Å². The van der Waals surface area contributed by atoms with Crippen LogP contribution < -0.4 is 0 Å². The van der Waals surface area contributed by atoms with E-state index in [0.29, 0.717) is 31.9 Å². The lowest BCUT2D eigenvalue weighted by molar-refractivity contribution is -0.136. The summed E-state index contributed by atoms with van der Waals surface area (Å²) in [6.07, 6.45) is 1.29. The zero-order valence-electron chi connectivity index (χ0n) is 17.9. The number of carbonyl (C=O) groups excluding carboxylic acids is 2. The third-order valence-electron chi connectivity index (χ3n) is 4.71. The first-order valence-corrected chi connectivity index (χ1v) is 10.1. The van der Waals surface area contributed by atoms with Crippen LogP contribution in [0.1, 0.15) is 32.0 Å². The molecule has 2 amide bonds. The quantitative estimate of drug-likeness (QED) is 0.765. The van der Waals surface area contributed by atoms with Crippen LogP contribution in [0.15, 0.2) is 30.5 Å². The maximum absolute atomic E-state index is 12.6. The summed E-state index contributed by atoms with van der Waals surface area (Å²) in [7, 11) is 0. The molecule has 0 unspecified atom stereocenters. The molecule has 31 heavy (non-hydrogen) atoms. The summed E-state index contributed by atoms with van der Waals surface area (Å²) in [5.41, 5.74) is 1.41. The fourth-order valence-corrected chi connectivity index (χ4v) is 3.18. The van der Waals surface area contributed by atoms with Gasteiger partial charge in [-0.3, -0.25) is 9.59 Å². The largest absolute Gasteiger partial charge is 0.481 e. The van der Waals surface area contributed by atoms with Crippen molar-refractivity contribution in [2.75, 3.05) is 26.2 Å². The van der Waals surface area contributed by atoms with Crippen molar-refractivity contribution in [1.29, 1.82) is 0 Å². The summed E-state index contributed by atoms with van der Waals surface area (Å²) < 4.78 is 6.88. The van der Waals surface area contributed by atoms with Gasteiger partial charge in [-0.2, -0.15) is 0 Å². The van der Waals surface area contributed by atoms with Crippen LogP contribution in [0.25, 0.3) is 5.69 Å². The summed E-state index contributed by atoms with van der Waals surface area (Å²) in [6.45, 7) is 7.33. The lowest BCUT2D eigenvalue weighted by Crippen LogP contribution is -2.51. The zero-order chi connectivity index (χ0) is 22.6. The molecule has 0 spiro atoms. The summed E-state index contributed by atoms with van der Waals surface area (Å²) in [6, 6.07) is 7.29. The summed E-state index contributed by atoms with van der Waals surface area (Å²) >= 11 is 0. The molecule has 166 valence electrons. The Balaban J connectivity index is 1.51. The molecule has 1 saturated heterocycles. The van der Waals surface area contributed by atoms with Crippen molar-refractivity contribution >= 4 is 18.0 Å². The highest BCUT2D eigenvalue weighted by molar-refractivity contribution is 5.79. The molecular formula is C21H27N5O5. The van der Waals surface area contributed by atoms with Crippen LogP contribution in [0.3, 0.4) is 0 Å².